The number of benzene rings is 1. The Kier molecular flexibility index (Phi) is 6.23. The number of carbonyl (C=O) groups is 2. The molecule has 28 heavy (non-hydrogen) atoms. The van der Waals surface area contributed by atoms with Crippen molar-refractivity contribution in [3.63, 3.8) is 0 Å². The van der Waals surface area contributed by atoms with Gasteiger partial charge in [0.2, 0.25) is 6.41 Å². The van der Waals surface area contributed by atoms with Gasteiger partial charge in [-0.05, 0) is 50.3 Å². The fourth-order valence-corrected chi connectivity index (χ4v) is 4.59. The van der Waals surface area contributed by atoms with Gasteiger partial charge in [-0.3, -0.25) is 9.69 Å². The van der Waals surface area contributed by atoms with Crippen molar-refractivity contribution in [2.45, 2.75) is 51.1 Å². The van der Waals surface area contributed by atoms with Crippen LogP contribution in [0.5, 0.6) is 0 Å². The van der Waals surface area contributed by atoms with E-state index in [0.29, 0.717) is 18.8 Å². The molecule has 6 nitrogen and oxygen atoms in total. The van der Waals surface area contributed by atoms with E-state index in [2.05, 4.69) is 11.8 Å². The van der Waals surface area contributed by atoms with Gasteiger partial charge >= 0.3 is 6.09 Å². The second-order valence-electron chi connectivity index (χ2n) is 8.00. The quantitative estimate of drug-likeness (QED) is 0.724. The van der Waals surface area contributed by atoms with E-state index in [1.54, 1.807) is 15.9 Å². The molecule has 2 saturated heterocycles. The zero-order valence-electron chi connectivity index (χ0n) is 17.0. The summed E-state index contributed by atoms with van der Waals surface area (Å²) >= 11 is 0. The fraction of sp³-hybridized carbons (Fsp3) is 0.619. The average molecular weight is 391 g/mol. The van der Waals surface area contributed by atoms with Gasteiger partial charge in [0.1, 0.15) is 5.82 Å². The number of nitrogens with zero attached hydrogens (tertiary/aromatic N) is 3. The zero-order valence-corrected chi connectivity index (χ0v) is 17.0. The monoisotopic (exact) mass is 391 g/mol. The van der Waals surface area contributed by atoms with Gasteiger partial charge in [-0.2, -0.15) is 0 Å². The Morgan fingerprint density at radius 3 is 2.68 bits per heavy atom. The molecule has 0 N–H and O–H groups in total. The minimum absolute atomic E-state index is 0.0579. The lowest BCUT2D eigenvalue weighted by molar-refractivity contribution is -0.108. The molecule has 0 aromatic heterocycles. The lowest BCUT2D eigenvalue weighted by Crippen LogP contribution is -2.54. The van der Waals surface area contributed by atoms with Crippen LogP contribution in [0.15, 0.2) is 18.2 Å². The van der Waals surface area contributed by atoms with Crippen molar-refractivity contribution < 1.29 is 18.7 Å². The molecule has 0 spiro atoms. The highest BCUT2D eigenvalue weighted by Gasteiger charge is 2.42. The number of amides is 2. The van der Waals surface area contributed by atoms with Gasteiger partial charge in [-0.15, -0.1) is 0 Å². The Hall–Kier alpha value is -2.15. The second-order valence-corrected chi connectivity index (χ2v) is 8.00. The molecule has 1 atom stereocenters. The van der Waals surface area contributed by atoms with Crippen LogP contribution in [0.25, 0.3) is 0 Å². The number of ether oxygens (including phenoxy) is 1. The van der Waals surface area contributed by atoms with Crippen molar-refractivity contribution in [1.82, 2.24) is 9.80 Å². The lowest BCUT2D eigenvalue weighted by Gasteiger charge is -2.44. The van der Waals surface area contributed by atoms with Gasteiger partial charge < -0.3 is 14.5 Å². The number of rotatable bonds is 5. The van der Waals surface area contributed by atoms with Crippen molar-refractivity contribution in [3.8, 4) is 0 Å². The number of piperidine rings is 1. The third-order valence-electron chi connectivity index (χ3n) is 6.33. The highest BCUT2D eigenvalue weighted by Crippen LogP contribution is 2.33. The molecule has 2 fully saturated rings. The molecule has 3 rings (SSSR count). The standard InChI is InChI=1S/C21H30FN3O3/c1-4-16-5-6-17(22)13-19(16)25(15-26)18-7-10-24(11-8-18)21(2)9-12-23(14-21)20(27)28-3/h5-6,13,15,18H,4,7-12,14H2,1-3H3. The second kappa shape index (κ2) is 8.47. The summed E-state index contributed by atoms with van der Waals surface area (Å²) in [5.41, 5.74) is 1.59. The van der Waals surface area contributed by atoms with Gasteiger partial charge in [0.15, 0.2) is 0 Å². The Morgan fingerprint density at radius 1 is 1.36 bits per heavy atom. The van der Waals surface area contributed by atoms with E-state index in [9.17, 15) is 14.0 Å². The summed E-state index contributed by atoms with van der Waals surface area (Å²) in [7, 11) is 1.41. The highest BCUT2D eigenvalue weighted by atomic mass is 19.1. The van der Waals surface area contributed by atoms with Crippen molar-refractivity contribution in [2.24, 2.45) is 0 Å². The first-order valence-electron chi connectivity index (χ1n) is 10.0. The molecule has 0 aliphatic carbocycles. The average Bonchev–Trinajstić information content (AvgIpc) is 3.12. The number of hydrogen-bond acceptors (Lipinski definition) is 4. The van der Waals surface area contributed by atoms with E-state index < -0.39 is 0 Å². The molecule has 0 saturated carbocycles. The maximum atomic E-state index is 13.8. The predicted octanol–water partition coefficient (Wildman–Crippen LogP) is 3.05. The summed E-state index contributed by atoms with van der Waals surface area (Å²) in [6.07, 6.45) is 3.88. The molecular weight excluding hydrogens is 361 g/mol. The SMILES string of the molecule is CCc1ccc(F)cc1N(C=O)C1CCN(C2(C)CCN(C(=O)OC)C2)CC1. The third kappa shape index (κ3) is 3.99. The molecule has 7 heteroatoms. The van der Waals surface area contributed by atoms with Crippen LogP contribution < -0.4 is 4.90 Å². The molecule has 1 unspecified atom stereocenters. The number of aryl methyl sites for hydroxylation is 1. The highest BCUT2D eigenvalue weighted by molar-refractivity contribution is 5.78. The van der Waals surface area contributed by atoms with Crippen molar-refractivity contribution >= 4 is 18.2 Å². The first-order valence-corrected chi connectivity index (χ1v) is 10.0. The minimum atomic E-state index is -0.321. The summed E-state index contributed by atoms with van der Waals surface area (Å²) in [6.45, 7) is 7.25. The molecule has 0 bridgehead atoms. The fourth-order valence-electron chi connectivity index (χ4n) is 4.59. The lowest BCUT2D eigenvalue weighted by atomic mass is 9.93. The van der Waals surface area contributed by atoms with Crippen molar-refractivity contribution in [1.29, 1.82) is 0 Å². The summed E-state index contributed by atoms with van der Waals surface area (Å²) in [5.74, 6) is -0.321. The predicted molar refractivity (Wildman–Crippen MR) is 106 cm³/mol. The number of halogens is 1. The number of carbonyl (C=O) groups excluding carboxylic acids is 2. The molecular formula is C21H30FN3O3. The summed E-state index contributed by atoms with van der Waals surface area (Å²) in [4.78, 5) is 29.6. The van der Waals surface area contributed by atoms with Gasteiger partial charge in [0.05, 0.1) is 7.11 Å². The van der Waals surface area contributed by atoms with Crippen LogP contribution in [0.3, 0.4) is 0 Å². The minimum Gasteiger partial charge on any atom is -0.453 e. The molecule has 2 aliphatic rings. The van der Waals surface area contributed by atoms with Crippen LogP contribution in [-0.4, -0.2) is 67.2 Å². The topological polar surface area (TPSA) is 53.1 Å². The Morgan fingerprint density at radius 2 is 2.07 bits per heavy atom. The summed E-state index contributed by atoms with van der Waals surface area (Å²) in [5, 5.41) is 0. The smallest absolute Gasteiger partial charge is 0.409 e. The molecule has 2 amide bonds. The number of hydrogen-bond donors (Lipinski definition) is 0. The van der Waals surface area contributed by atoms with Crippen LogP contribution in [0.2, 0.25) is 0 Å². The van der Waals surface area contributed by atoms with Gasteiger partial charge in [0.25, 0.3) is 0 Å². The number of likely N-dealkylation sites (tertiary alicyclic amines) is 2. The maximum Gasteiger partial charge on any atom is 0.409 e. The summed E-state index contributed by atoms with van der Waals surface area (Å²) in [6, 6.07) is 4.73. The van der Waals surface area contributed by atoms with Gasteiger partial charge in [-0.25, -0.2) is 9.18 Å². The Balaban J connectivity index is 1.67. The van der Waals surface area contributed by atoms with E-state index in [1.807, 2.05) is 6.92 Å². The van der Waals surface area contributed by atoms with Crippen molar-refractivity contribution in [3.05, 3.63) is 29.6 Å². The molecule has 2 heterocycles. The normalized spacial score (nSPS) is 23.6. The van der Waals surface area contributed by atoms with Crippen LogP contribution in [0.1, 0.15) is 38.7 Å². The third-order valence-corrected chi connectivity index (χ3v) is 6.33. The zero-order chi connectivity index (χ0) is 20.3. The Labute approximate surface area is 166 Å². The van der Waals surface area contributed by atoms with Crippen LogP contribution in [-0.2, 0) is 16.0 Å². The van der Waals surface area contributed by atoms with E-state index in [-0.39, 0.29) is 23.5 Å². The molecule has 154 valence electrons. The maximum absolute atomic E-state index is 13.8. The van der Waals surface area contributed by atoms with Crippen LogP contribution in [0.4, 0.5) is 14.9 Å². The molecule has 0 radical (unpaired) electrons. The van der Waals surface area contributed by atoms with E-state index in [4.69, 9.17) is 4.74 Å². The largest absolute Gasteiger partial charge is 0.453 e. The number of anilines is 1. The van der Waals surface area contributed by atoms with E-state index >= 15 is 0 Å². The molecule has 1 aromatic rings. The van der Waals surface area contributed by atoms with Crippen LogP contribution in [0, 0.1) is 5.82 Å². The first-order chi connectivity index (χ1) is 13.4. The van der Waals surface area contributed by atoms with Crippen LogP contribution >= 0.6 is 0 Å². The van der Waals surface area contributed by atoms with E-state index in [1.165, 1.54) is 19.2 Å². The summed E-state index contributed by atoms with van der Waals surface area (Å²) < 4.78 is 18.7. The van der Waals surface area contributed by atoms with E-state index in [0.717, 1.165) is 50.7 Å². The molecule has 2 aliphatic heterocycles. The molecule has 1 aromatic carbocycles. The first kappa shape index (κ1) is 20.6. The number of methoxy groups -OCH3 is 1. The Bertz CT molecular complexity index is 721. The van der Waals surface area contributed by atoms with Gasteiger partial charge in [-0.1, -0.05) is 13.0 Å². The van der Waals surface area contributed by atoms with Gasteiger partial charge in [0, 0.05) is 43.4 Å². The van der Waals surface area contributed by atoms with Crippen molar-refractivity contribution in [2.75, 3.05) is 38.2 Å².